The van der Waals surface area contributed by atoms with Gasteiger partial charge in [0.2, 0.25) is 0 Å². The van der Waals surface area contributed by atoms with Crippen molar-refractivity contribution in [2.75, 3.05) is 11.1 Å². The molecule has 0 saturated carbocycles. The molecule has 0 atom stereocenters. The summed E-state index contributed by atoms with van der Waals surface area (Å²) in [7, 11) is -3.59. The van der Waals surface area contributed by atoms with Crippen molar-refractivity contribution in [2.24, 2.45) is 0 Å². The first-order chi connectivity index (χ1) is 17.5. The second kappa shape index (κ2) is 12.1. The molecule has 0 fully saturated rings. The van der Waals surface area contributed by atoms with Crippen molar-refractivity contribution in [3.63, 3.8) is 0 Å². The van der Waals surface area contributed by atoms with E-state index in [1.54, 1.807) is 24.3 Å². The van der Waals surface area contributed by atoms with Crippen LogP contribution in [0.5, 0.6) is 11.5 Å². The summed E-state index contributed by atoms with van der Waals surface area (Å²) in [5.74, 6) is -2.17. The van der Waals surface area contributed by atoms with Crippen LogP contribution in [-0.4, -0.2) is 32.0 Å². The van der Waals surface area contributed by atoms with E-state index in [2.05, 4.69) is 5.32 Å². The summed E-state index contributed by atoms with van der Waals surface area (Å²) in [5, 5.41) is 3.75. The second-order valence-corrected chi connectivity index (χ2v) is 9.98. The average Bonchev–Trinajstić information content (AvgIpc) is 2.83. The van der Waals surface area contributed by atoms with Crippen molar-refractivity contribution < 1.29 is 36.7 Å². The summed E-state index contributed by atoms with van der Waals surface area (Å²) in [5.41, 5.74) is 2.00. The maximum Gasteiger partial charge on any atom is 0.308 e. The lowest BCUT2D eigenvalue weighted by Crippen LogP contribution is -2.12. The first-order valence-corrected chi connectivity index (χ1v) is 12.8. The Hall–Kier alpha value is -4.31. The van der Waals surface area contributed by atoms with Crippen LogP contribution in [-0.2, 0) is 25.8 Å². The number of sulfone groups is 1. The van der Waals surface area contributed by atoms with Crippen LogP contribution in [0.15, 0.2) is 72.1 Å². The first-order valence-electron chi connectivity index (χ1n) is 11.1. The van der Waals surface area contributed by atoms with Gasteiger partial charge in [-0.2, -0.15) is 0 Å². The van der Waals surface area contributed by atoms with E-state index in [4.69, 9.17) is 9.47 Å². The number of benzene rings is 3. The molecule has 3 rings (SSSR count). The number of esters is 2. The fraction of sp³-hybridized carbons (Fsp3) is 0.148. The Balaban J connectivity index is 1.60. The molecular weight excluding hydrogens is 501 g/mol. The number of hydrogen-bond donors (Lipinski definition) is 1. The topological polar surface area (TPSA) is 116 Å². The average molecular weight is 526 g/mol. The van der Waals surface area contributed by atoms with Crippen LogP contribution in [0.1, 0.15) is 35.3 Å². The van der Waals surface area contributed by atoms with Crippen molar-refractivity contribution in [1.29, 1.82) is 0 Å². The maximum atomic E-state index is 13.0. The van der Waals surface area contributed by atoms with E-state index in [1.807, 2.05) is 0 Å². The van der Waals surface area contributed by atoms with Crippen molar-refractivity contribution in [3.05, 3.63) is 94.6 Å². The molecule has 1 N–H and O–H groups in total. The lowest BCUT2D eigenvalue weighted by atomic mass is 10.1. The van der Waals surface area contributed by atoms with Crippen LogP contribution < -0.4 is 14.8 Å². The molecule has 0 heterocycles. The molecule has 0 bridgehead atoms. The highest BCUT2D eigenvalue weighted by atomic mass is 32.2. The Kier molecular flexibility index (Phi) is 8.91. The molecule has 0 aromatic heterocycles. The summed E-state index contributed by atoms with van der Waals surface area (Å²) in [6.07, 6.45) is 1.59. The number of ether oxygens (including phenoxy) is 2. The van der Waals surface area contributed by atoms with Crippen LogP contribution in [0, 0.1) is 5.82 Å². The fourth-order valence-electron chi connectivity index (χ4n) is 3.17. The number of hydrogen-bond acceptors (Lipinski definition) is 7. The van der Waals surface area contributed by atoms with Gasteiger partial charge >= 0.3 is 11.9 Å². The molecule has 0 aliphatic heterocycles. The molecule has 0 spiro atoms. The lowest BCUT2D eigenvalue weighted by Gasteiger charge is -2.09. The predicted octanol–water partition coefficient (Wildman–Crippen LogP) is 4.56. The van der Waals surface area contributed by atoms with Gasteiger partial charge in [-0.1, -0.05) is 18.2 Å². The molecule has 37 heavy (non-hydrogen) atoms. The van der Waals surface area contributed by atoms with Gasteiger partial charge in [-0.05, 0) is 72.2 Å². The lowest BCUT2D eigenvalue weighted by molar-refractivity contribution is -0.134. The van der Waals surface area contributed by atoms with E-state index in [0.717, 1.165) is 11.0 Å². The van der Waals surface area contributed by atoms with E-state index >= 15 is 0 Å². The molecule has 1 amide bonds. The van der Waals surface area contributed by atoms with Gasteiger partial charge in [0.15, 0.2) is 21.3 Å². The smallest absolute Gasteiger partial charge is 0.308 e. The summed E-state index contributed by atoms with van der Waals surface area (Å²) in [6, 6.07) is 16.2. The number of amides is 1. The molecule has 10 heteroatoms. The molecule has 192 valence electrons. The normalized spacial score (nSPS) is 11.2. The van der Waals surface area contributed by atoms with Crippen LogP contribution in [0.25, 0.3) is 6.08 Å². The molecule has 3 aromatic carbocycles. The minimum Gasteiger partial charge on any atom is -0.423 e. The third-order valence-electron chi connectivity index (χ3n) is 4.94. The summed E-state index contributed by atoms with van der Waals surface area (Å²) < 4.78 is 48.1. The van der Waals surface area contributed by atoms with E-state index in [1.165, 1.54) is 62.4 Å². The Morgan fingerprint density at radius 2 is 1.49 bits per heavy atom. The molecule has 0 unspecified atom stereocenters. The zero-order valence-corrected chi connectivity index (χ0v) is 20.9. The monoisotopic (exact) mass is 525 g/mol. The van der Waals surface area contributed by atoms with Gasteiger partial charge in [0.25, 0.3) is 5.91 Å². The number of halogens is 1. The maximum absolute atomic E-state index is 13.0. The molecule has 3 aromatic rings. The van der Waals surface area contributed by atoms with E-state index in [9.17, 15) is 27.2 Å². The predicted molar refractivity (Wildman–Crippen MR) is 136 cm³/mol. The number of aryl methyl sites for hydroxylation is 1. The first kappa shape index (κ1) is 27.3. The quantitative estimate of drug-likeness (QED) is 0.322. The highest BCUT2D eigenvalue weighted by Crippen LogP contribution is 2.29. The van der Waals surface area contributed by atoms with Crippen molar-refractivity contribution in [3.8, 4) is 11.5 Å². The van der Waals surface area contributed by atoms with Gasteiger partial charge < -0.3 is 14.8 Å². The fourth-order valence-corrected chi connectivity index (χ4v) is 4.19. The van der Waals surface area contributed by atoms with Crippen molar-refractivity contribution in [2.45, 2.75) is 20.3 Å². The van der Waals surface area contributed by atoms with Gasteiger partial charge in [0.1, 0.15) is 5.82 Å². The van der Waals surface area contributed by atoms with E-state index < -0.39 is 33.5 Å². The number of nitrogens with one attached hydrogen (secondary N) is 1. The largest absolute Gasteiger partial charge is 0.423 e. The number of carbonyl (C=O) groups is 3. The van der Waals surface area contributed by atoms with Gasteiger partial charge in [-0.25, -0.2) is 12.8 Å². The molecular formula is C27H24FNO7S. The molecule has 8 nitrogen and oxygen atoms in total. The van der Waals surface area contributed by atoms with Crippen LogP contribution >= 0.6 is 0 Å². The highest BCUT2D eigenvalue weighted by molar-refractivity contribution is 7.94. The Labute approximate surface area is 213 Å². The Morgan fingerprint density at radius 1 is 0.865 bits per heavy atom. The minimum absolute atomic E-state index is 0.00569. The van der Waals surface area contributed by atoms with Crippen LogP contribution in [0.3, 0.4) is 0 Å². The van der Waals surface area contributed by atoms with E-state index in [-0.39, 0.29) is 23.7 Å². The minimum atomic E-state index is -3.59. The van der Waals surface area contributed by atoms with Crippen molar-refractivity contribution >= 4 is 39.4 Å². The standard InChI is InChI=1S/C27H24FNO7S/c1-18(30)35-25-12-5-21(17-26(25)36-19(2)31)14-16-37(33,34)15-13-20-3-10-24(11-4-20)29-27(32)22-6-8-23(28)9-7-22/h3-12,14,16-17H,13,15H2,1-2H3,(H,29,32)/b16-14+. The summed E-state index contributed by atoms with van der Waals surface area (Å²) in [4.78, 5) is 34.8. The van der Waals surface area contributed by atoms with Crippen molar-refractivity contribution in [1.82, 2.24) is 0 Å². The van der Waals surface area contributed by atoms with E-state index in [0.29, 0.717) is 16.8 Å². The number of rotatable bonds is 9. The van der Waals surface area contributed by atoms with Gasteiger partial charge in [0, 0.05) is 30.5 Å². The molecule has 0 saturated heterocycles. The number of anilines is 1. The van der Waals surface area contributed by atoms with Crippen LogP contribution in [0.2, 0.25) is 0 Å². The second-order valence-electron chi connectivity index (χ2n) is 7.97. The zero-order chi connectivity index (χ0) is 27.0. The number of carbonyl (C=O) groups excluding carboxylic acids is 3. The summed E-state index contributed by atoms with van der Waals surface area (Å²) in [6.45, 7) is 2.39. The Bertz CT molecular complexity index is 1430. The molecule has 0 radical (unpaired) electrons. The zero-order valence-electron chi connectivity index (χ0n) is 20.1. The third kappa shape index (κ3) is 8.69. The highest BCUT2D eigenvalue weighted by Gasteiger charge is 2.12. The van der Waals surface area contributed by atoms with Crippen LogP contribution in [0.4, 0.5) is 10.1 Å². The van der Waals surface area contributed by atoms with Gasteiger partial charge in [-0.15, -0.1) is 0 Å². The summed E-state index contributed by atoms with van der Waals surface area (Å²) >= 11 is 0. The Morgan fingerprint density at radius 3 is 2.11 bits per heavy atom. The SMILES string of the molecule is CC(=O)Oc1ccc(/C=C/S(=O)(=O)CCc2ccc(NC(=O)c3ccc(F)cc3)cc2)cc1OC(C)=O. The molecule has 0 aliphatic carbocycles. The van der Waals surface area contributed by atoms with Gasteiger partial charge in [-0.3, -0.25) is 14.4 Å². The van der Waals surface area contributed by atoms with Gasteiger partial charge in [0.05, 0.1) is 5.75 Å². The third-order valence-corrected chi connectivity index (χ3v) is 6.26. The molecule has 0 aliphatic rings.